The first-order chi connectivity index (χ1) is 17.0. The number of para-hydroxylation sites is 2. The van der Waals surface area contributed by atoms with E-state index in [0.29, 0.717) is 30.4 Å². The number of amides is 2. The minimum atomic E-state index is -0.0848. The molecule has 1 aliphatic heterocycles. The van der Waals surface area contributed by atoms with Crippen LogP contribution >= 0.6 is 0 Å². The van der Waals surface area contributed by atoms with Gasteiger partial charge in [0.15, 0.2) is 11.5 Å². The average molecular weight is 479 g/mol. The molecule has 2 aromatic carbocycles. The van der Waals surface area contributed by atoms with Gasteiger partial charge in [0.25, 0.3) is 0 Å². The fraction of sp³-hybridized carbons (Fsp3) is 0.444. The van der Waals surface area contributed by atoms with E-state index in [1.54, 1.807) is 20.3 Å². The van der Waals surface area contributed by atoms with E-state index in [2.05, 4.69) is 12.2 Å². The number of carbonyl (C=O) groups is 2. The first-order valence-electron chi connectivity index (χ1n) is 12.2. The Balaban J connectivity index is 1.39. The molecule has 1 N–H and O–H groups in total. The van der Waals surface area contributed by atoms with Gasteiger partial charge in [-0.1, -0.05) is 25.1 Å². The molecule has 2 heterocycles. The highest BCUT2D eigenvalue weighted by atomic mass is 16.5. The third-order valence-electron chi connectivity index (χ3n) is 6.65. The topological polar surface area (TPSA) is 85.7 Å². The molecule has 35 heavy (non-hydrogen) atoms. The molecular weight excluding hydrogens is 444 g/mol. The standard InChI is InChI=1S/C27H34N4O4/c1-19-11-14-30(15-12-19)27(33)18-31-22-7-5-4-6-21(22)29-25(31)10-13-28-26(32)17-20-8-9-23(34-2)24(16-20)35-3/h4-9,16,19H,10-15,17-18H2,1-3H3,(H,28,32). The minimum Gasteiger partial charge on any atom is -0.493 e. The van der Waals surface area contributed by atoms with Crippen LogP contribution in [-0.2, 0) is 29.0 Å². The number of hydrogen-bond acceptors (Lipinski definition) is 5. The lowest BCUT2D eigenvalue weighted by Crippen LogP contribution is -2.40. The molecule has 1 aliphatic rings. The Kier molecular flexibility index (Phi) is 7.90. The predicted molar refractivity (Wildman–Crippen MR) is 135 cm³/mol. The molecule has 4 rings (SSSR count). The van der Waals surface area contributed by atoms with Crippen LogP contribution in [0.4, 0.5) is 0 Å². The Labute approximate surface area is 206 Å². The first kappa shape index (κ1) is 24.6. The lowest BCUT2D eigenvalue weighted by molar-refractivity contribution is -0.133. The third-order valence-corrected chi connectivity index (χ3v) is 6.65. The second-order valence-electron chi connectivity index (χ2n) is 9.13. The number of likely N-dealkylation sites (tertiary alicyclic amines) is 1. The van der Waals surface area contributed by atoms with Gasteiger partial charge in [0, 0.05) is 26.1 Å². The van der Waals surface area contributed by atoms with Gasteiger partial charge in [-0.05, 0) is 48.6 Å². The highest BCUT2D eigenvalue weighted by Gasteiger charge is 2.22. The maximum absolute atomic E-state index is 13.0. The number of fused-ring (bicyclic) bond motifs is 1. The van der Waals surface area contributed by atoms with Gasteiger partial charge in [-0.3, -0.25) is 9.59 Å². The molecule has 8 heteroatoms. The second kappa shape index (κ2) is 11.3. The Morgan fingerprint density at radius 3 is 2.54 bits per heavy atom. The van der Waals surface area contributed by atoms with Crippen molar-refractivity contribution in [3.05, 3.63) is 53.9 Å². The molecule has 1 saturated heterocycles. The van der Waals surface area contributed by atoms with Crippen molar-refractivity contribution in [2.24, 2.45) is 5.92 Å². The van der Waals surface area contributed by atoms with Crippen molar-refractivity contribution in [1.29, 1.82) is 0 Å². The monoisotopic (exact) mass is 478 g/mol. The van der Waals surface area contributed by atoms with Gasteiger partial charge in [-0.25, -0.2) is 4.98 Å². The Bertz CT molecular complexity index is 1180. The zero-order valence-electron chi connectivity index (χ0n) is 20.8. The van der Waals surface area contributed by atoms with E-state index in [1.807, 2.05) is 45.9 Å². The Hall–Kier alpha value is -3.55. The van der Waals surface area contributed by atoms with Crippen molar-refractivity contribution in [2.45, 2.75) is 39.2 Å². The van der Waals surface area contributed by atoms with E-state index >= 15 is 0 Å². The molecule has 3 aromatic rings. The van der Waals surface area contributed by atoms with Gasteiger partial charge < -0.3 is 24.3 Å². The van der Waals surface area contributed by atoms with Gasteiger partial charge in [-0.2, -0.15) is 0 Å². The van der Waals surface area contributed by atoms with Crippen LogP contribution < -0.4 is 14.8 Å². The Morgan fingerprint density at radius 2 is 1.80 bits per heavy atom. The zero-order valence-corrected chi connectivity index (χ0v) is 20.8. The number of nitrogens with zero attached hydrogens (tertiary/aromatic N) is 3. The third kappa shape index (κ3) is 5.93. The molecule has 0 aliphatic carbocycles. The summed E-state index contributed by atoms with van der Waals surface area (Å²) >= 11 is 0. The van der Waals surface area contributed by atoms with E-state index in [9.17, 15) is 9.59 Å². The summed E-state index contributed by atoms with van der Waals surface area (Å²) in [4.78, 5) is 32.3. The smallest absolute Gasteiger partial charge is 0.242 e. The molecule has 186 valence electrons. The van der Waals surface area contributed by atoms with Crippen LogP contribution in [0.3, 0.4) is 0 Å². The number of carbonyl (C=O) groups excluding carboxylic acids is 2. The minimum absolute atomic E-state index is 0.0848. The Morgan fingerprint density at radius 1 is 1.06 bits per heavy atom. The maximum atomic E-state index is 13.0. The molecule has 2 amide bonds. The highest BCUT2D eigenvalue weighted by Crippen LogP contribution is 2.27. The van der Waals surface area contributed by atoms with Crippen molar-refractivity contribution >= 4 is 22.8 Å². The summed E-state index contributed by atoms with van der Waals surface area (Å²) in [5.74, 6) is 2.74. The first-order valence-corrected chi connectivity index (χ1v) is 12.2. The number of methoxy groups -OCH3 is 2. The molecule has 1 fully saturated rings. The van der Waals surface area contributed by atoms with E-state index in [4.69, 9.17) is 14.5 Å². The van der Waals surface area contributed by atoms with Crippen LogP contribution in [0.2, 0.25) is 0 Å². The highest BCUT2D eigenvalue weighted by molar-refractivity contribution is 5.81. The van der Waals surface area contributed by atoms with Crippen LogP contribution in [0.15, 0.2) is 42.5 Å². The zero-order chi connectivity index (χ0) is 24.8. The van der Waals surface area contributed by atoms with E-state index in [1.165, 1.54) is 0 Å². The summed E-state index contributed by atoms with van der Waals surface area (Å²) < 4.78 is 12.6. The molecule has 8 nitrogen and oxygen atoms in total. The number of hydrogen-bond donors (Lipinski definition) is 1. The van der Waals surface area contributed by atoms with E-state index in [-0.39, 0.29) is 24.8 Å². The molecule has 0 bridgehead atoms. The molecule has 0 saturated carbocycles. The summed E-state index contributed by atoms with van der Waals surface area (Å²) in [7, 11) is 3.16. The normalized spacial score (nSPS) is 14.2. The molecule has 0 spiro atoms. The van der Waals surface area contributed by atoms with Crippen molar-refractivity contribution < 1.29 is 19.1 Å². The lowest BCUT2D eigenvalue weighted by atomic mass is 9.99. The van der Waals surface area contributed by atoms with Gasteiger partial charge in [0.1, 0.15) is 12.4 Å². The maximum Gasteiger partial charge on any atom is 0.242 e. The summed E-state index contributed by atoms with van der Waals surface area (Å²) in [6.45, 7) is 4.57. The molecule has 1 aromatic heterocycles. The van der Waals surface area contributed by atoms with Gasteiger partial charge in [0.05, 0.1) is 31.7 Å². The average Bonchev–Trinajstić information content (AvgIpc) is 3.21. The fourth-order valence-electron chi connectivity index (χ4n) is 4.54. The van der Waals surface area contributed by atoms with E-state index in [0.717, 1.165) is 48.4 Å². The quantitative estimate of drug-likeness (QED) is 0.511. The molecule has 0 radical (unpaired) electrons. The summed E-state index contributed by atoms with van der Waals surface area (Å²) in [6, 6.07) is 13.3. The van der Waals surface area contributed by atoms with Crippen molar-refractivity contribution in [3.63, 3.8) is 0 Å². The number of nitrogens with one attached hydrogen (secondary N) is 1. The molecule has 0 unspecified atom stereocenters. The number of piperidine rings is 1. The van der Waals surface area contributed by atoms with Gasteiger partial charge in [-0.15, -0.1) is 0 Å². The van der Waals surface area contributed by atoms with Crippen LogP contribution in [0, 0.1) is 5.92 Å². The predicted octanol–water partition coefficient (Wildman–Crippen LogP) is 3.21. The number of aromatic nitrogens is 2. The van der Waals surface area contributed by atoms with Gasteiger partial charge >= 0.3 is 0 Å². The summed E-state index contributed by atoms with van der Waals surface area (Å²) in [6.07, 6.45) is 2.88. The molecular formula is C27H34N4O4. The number of rotatable bonds is 9. The van der Waals surface area contributed by atoms with Gasteiger partial charge in [0.2, 0.25) is 11.8 Å². The van der Waals surface area contributed by atoms with Crippen molar-refractivity contribution in [1.82, 2.24) is 19.8 Å². The van der Waals surface area contributed by atoms with E-state index < -0.39 is 0 Å². The second-order valence-corrected chi connectivity index (χ2v) is 9.13. The summed E-state index contributed by atoms with van der Waals surface area (Å²) in [5.41, 5.74) is 2.64. The van der Waals surface area contributed by atoms with Crippen LogP contribution in [0.25, 0.3) is 11.0 Å². The van der Waals surface area contributed by atoms with Crippen LogP contribution in [0.1, 0.15) is 31.2 Å². The van der Waals surface area contributed by atoms with Crippen molar-refractivity contribution in [3.8, 4) is 11.5 Å². The van der Waals surface area contributed by atoms with Crippen LogP contribution in [-0.4, -0.2) is 60.1 Å². The molecule has 0 atom stereocenters. The largest absolute Gasteiger partial charge is 0.493 e. The number of benzene rings is 2. The fourth-order valence-corrected chi connectivity index (χ4v) is 4.54. The lowest BCUT2D eigenvalue weighted by Gasteiger charge is -2.30. The SMILES string of the molecule is COc1ccc(CC(=O)NCCc2nc3ccccc3n2CC(=O)N2CCC(C)CC2)cc1OC. The summed E-state index contributed by atoms with van der Waals surface area (Å²) in [5, 5.41) is 2.98. The number of ether oxygens (including phenoxy) is 2. The van der Waals surface area contributed by atoms with Crippen LogP contribution in [0.5, 0.6) is 11.5 Å². The van der Waals surface area contributed by atoms with Crippen molar-refractivity contribution in [2.75, 3.05) is 33.9 Å². The number of imidazole rings is 1.